The fraction of sp³-hybridized carbons (Fsp3) is 0.182. The Hall–Kier alpha value is -2.41. The SMILES string of the molecule is NNc1ccc(C(=O)ON2C(=O)CCC2=O)cc1. The second-order valence-corrected chi connectivity index (χ2v) is 3.68. The van der Waals surface area contributed by atoms with Crippen LogP contribution in [0.2, 0.25) is 0 Å². The van der Waals surface area contributed by atoms with Crippen LogP contribution in [0.25, 0.3) is 0 Å². The minimum Gasteiger partial charge on any atom is -0.325 e. The second-order valence-electron chi connectivity index (χ2n) is 3.68. The molecule has 7 heteroatoms. The largest absolute Gasteiger partial charge is 0.363 e. The topological polar surface area (TPSA) is 102 Å². The number of hydrogen-bond donors (Lipinski definition) is 2. The number of hydrogen-bond acceptors (Lipinski definition) is 6. The van der Waals surface area contributed by atoms with Crippen LogP contribution in [0.15, 0.2) is 24.3 Å². The van der Waals surface area contributed by atoms with Crippen molar-refractivity contribution in [3.8, 4) is 0 Å². The van der Waals surface area contributed by atoms with Gasteiger partial charge in [-0.3, -0.25) is 15.4 Å². The summed E-state index contributed by atoms with van der Waals surface area (Å²) in [6.07, 6.45) is 0.143. The summed E-state index contributed by atoms with van der Waals surface area (Å²) in [5, 5.41) is 0.511. The zero-order chi connectivity index (χ0) is 13.1. The number of hydrazine groups is 1. The van der Waals surface area contributed by atoms with Crippen LogP contribution in [0.5, 0.6) is 0 Å². The molecule has 1 aromatic carbocycles. The highest BCUT2D eigenvalue weighted by atomic mass is 16.7. The van der Waals surface area contributed by atoms with Crippen LogP contribution in [-0.2, 0) is 14.4 Å². The summed E-state index contributed by atoms with van der Waals surface area (Å²) in [5.41, 5.74) is 3.26. The Morgan fingerprint density at radius 3 is 2.22 bits per heavy atom. The van der Waals surface area contributed by atoms with E-state index in [2.05, 4.69) is 5.43 Å². The molecule has 94 valence electrons. The Balaban J connectivity index is 2.07. The zero-order valence-corrected chi connectivity index (χ0v) is 9.38. The first-order chi connectivity index (χ1) is 8.61. The molecule has 2 rings (SSSR count). The molecular weight excluding hydrogens is 238 g/mol. The number of nitrogens with zero attached hydrogens (tertiary/aromatic N) is 1. The Labute approximate surface area is 102 Å². The Morgan fingerprint density at radius 2 is 1.72 bits per heavy atom. The summed E-state index contributed by atoms with van der Waals surface area (Å²) in [6, 6.07) is 6.10. The summed E-state index contributed by atoms with van der Waals surface area (Å²) >= 11 is 0. The summed E-state index contributed by atoms with van der Waals surface area (Å²) in [7, 11) is 0. The van der Waals surface area contributed by atoms with Crippen molar-refractivity contribution < 1.29 is 19.2 Å². The van der Waals surface area contributed by atoms with Crippen LogP contribution in [0, 0.1) is 0 Å². The Kier molecular flexibility index (Phi) is 3.24. The van der Waals surface area contributed by atoms with Crippen LogP contribution in [0.3, 0.4) is 0 Å². The summed E-state index contributed by atoms with van der Waals surface area (Å²) in [6.45, 7) is 0. The fourth-order valence-electron chi connectivity index (χ4n) is 1.50. The molecule has 0 radical (unpaired) electrons. The summed E-state index contributed by atoms with van der Waals surface area (Å²) in [4.78, 5) is 38.9. The lowest BCUT2D eigenvalue weighted by atomic mass is 10.2. The van der Waals surface area contributed by atoms with Crippen molar-refractivity contribution in [2.75, 3.05) is 5.43 Å². The van der Waals surface area contributed by atoms with E-state index in [-0.39, 0.29) is 18.4 Å². The number of carbonyl (C=O) groups excluding carboxylic acids is 3. The molecule has 2 amide bonds. The predicted octanol–water partition coefficient (Wildman–Crippen LogP) is 0.193. The van der Waals surface area contributed by atoms with Gasteiger partial charge in [-0.1, -0.05) is 0 Å². The van der Waals surface area contributed by atoms with Crippen molar-refractivity contribution in [2.45, 2.75) is 12.8 Å². The van der Waals surface area contributed by atoms with E-state index in [0.29, 0.717) is 10.8 Å². The van der Waals surface area contributed by atoms with Crippen molar-refractivity contribution in [2.24, 2.45) is 5.84 Å². The fourth-order valence-corrected chi connectivity index (χ4v) is 1.50. The molecule has 1 aliphatic heterocycles. The molecule has 0 aromatic heterocycles. The van der Waals surface area contributed by atoms with Crippen molar-refractivity contribution in [1.29, 1.82) is 0 Å². The van der Waals surface area contributed by atoms with Gasteiger partial charge in [0.2, 0.25) is 0 Å². The maximum absolute atomic E-state index is 11.7. The van der Waals surface area contributed by atoms with Crippen molar-refractivity contribution in [3.05, 3.63) is 29.8 Å². The molecular formula is C11H11N3O4. The number of nitrogens with two attached hydrogens (primary N) is 1. The molecule has 0 atom stereocenters. The molecule has 1 heterocycles. The normalized spacial score (nSPS) is 14.8. The molecule has 0 saturated carbocycles. The molecule has 0 bridgehead atoms. The lowest BCUT2D eigenvalue weighted by Crippen LogP contribution is -2.32. The van der Waals surface area contributed by atoms with E-state index in [4.69, 9.17) is 10.7 Å². The highest BCUT2D eigenvalue weighted by Crippen LogP contribution is 2.15. The molecule has 7 nitrogen and oxygen atoms in total. The zero-order valence-electron chi connectivity index (χ0n) is 9.38. The summed E-state index contributed by atoms with van der Waals surface area (Å²) < 4.78 is 0. The number of nitrogens with one attached hydrogen (secondary N) is 1. The minimum absolute atomic E-state index is 0.0716. The van der Waals surface area contributed by atoms with Gasteiger partial charge in [-0.15, -0.1) is 5.06 Å². The number of rotatable bonds is 3. The van der Waals surface area contributed by atoms with E-state index in [1.807, 2.05) is 0 Å². The average molecular weight is 249 g/mol. The molecule has 1 fully saturated rings. The van der Waals surface area contributed by atoms with E-state index in [9.17, 15) is 14.4 Å². The van der Waals surface area contributed by atoms with E-state index in [0.717, 1.165) is 0 Å². The van der Waals surface area contributed by atoms with Crippen LogP contribution < -0.4 is 11.3 Å². The first kappa shape index (κ1) is 12.1. The van der Waals surface area contributed by atoms with Crippen LogP contribution >= 0.6 is 0 Å². The van der Waals surface area contributed by atoms with Crippen LogP contribution in [0.4, 0.5) is 5.69 Å². The van der Waals surface area contributed by atoms with Gasteiger partial charge in [0.05, 0.1) is 5.56 Å². The van der Waals surface area contributed by atoms with Crippen molar-refractivity contribution in [3.63, 3.8) is 0 Å². The van der Waals surface area contributed by atoms with Gasteiger partial charge in [-0.25, -0.2) is 4.79 Å². The monoisotopic (exact) mass is 249 g/mol. The Bertz CT molecular complexity index is 482. The van der Waals surface area contributed by atoms with Crippen molar-refractivity contribution >= 4 is 23.5 Å². The third kappa shape index (κ3) is 2.30. The molecule has 3 N–H and O–H groups in total. The minimum atomic E-state index is -0.762. The molecule has 1 saturated heterocycles. The highest BCUT2D eigenvalue weighted by molar-refractivity contribution is 6.02. The lowest BCUT2D eigenvalue weighted by Gasteiger charge is -2.12. The molecule has 1 aliphatic rings. The Morgan fingerprint density at radius 1 is 1.17 bits per heavy atom. The number of carbonyl (C=O) groups is 3. The van der Waals surface area contributed by atoms with E-state index in [1.165, 1.54) is 12.1 Å². The first-order valence-corrected chi connectivity index (χ1v) is 5.26. The van der Waals surface area contributed by atoms with Gasteiger partial charge in [0.25, 0.3) is 11.8 Å². The number of anilines is 1. The van der Waals surface area contributed by atoms with Gasteiger partial charge in [-0.2, -0.15) is 0 Å². The number of nitrogen functional groups attached to an aromatic ring is 1. The number of amides is 2. The van der Waals surface area contributed by atoms with Crippen LogP contribution in [-0.4, -0.2) is 22.8 Å². The number of benzene rings is 1. The summed E-state index contributed by atoms with van der Waals surface area (Å²) in [5.74, 6) is 3.41. The van der Waals surface area contributed by atoms with E-state index >= 15 is 0 Å². The van der Waals surface area contributed by atoms with E-state index < -0.39 is 17.8 Å². The quantitative estimate of drug-likeness (QED) is 0.450. The van der Waals surface area contributed by atoms with Gasteiger partial charge in [-0.05, 0) is 24.3 Å². The molecule has 0 spiro atoms. The van der Waals surface area contributed by atoms with Crippen molar-refractivity contribution in [1.82, 2.24) is 5.06 Å². The third-order valence-electron chi connectivity index (χ3n) is 2.47. The highest BCUT2D eigenvalue weighted by Gasteiger charge is 2.33. The standard InChI is InChI=1S/C11H11N3O4/c12-13-8-3-1-7(2-4-8)11(17)18-14-9(15)5-6-10(14)16/h1-4,13H,5-6,12H2. The molecule has 0 aliphatic carbocycles. The second kappa shape index (κ2) is 4.84. The van der Waals surface area contributed by atoms with Gasteiger partial charge in [0, 0.05) is 18.5 Å². The maximum Gasteiger partial charge on any atom is 0.363 e. The van der Waals surface area contributed by atoms with E-state index in [1.54, 1.807) is 12.1 Å². The lowest BCUT2D eigenvalue weighted by molar-refractivity contribution is -0.172. The molecule has 1 aromatic rings. The van der Waals surface area contributed by atoms with Gasteiger partial charge < -0.3 is 10.3 Å². The van der Waals surface area contributed by atoms with Crippen LogP contribution in [0.1, 0.15) is 23.2 Å². The van der Waals surface area contributed by atoms with Gasteiger partial charge in [0.15, 0.2) is 0 Å². The predicted molar refractivity (Wildman–Crippen MR) is 60.8 cm³/mol. The average Bonchev–Trinajstić information content (AvgIpc) is 2.70. The molecule has 0 unspecified atom stereocenters. The number of imide groups is 1. The molecule has 18 heavy (non-hydrogen) atoms. The first-order valence-electron chi connectivity index (χ1n) is 5.26. The number of hydroxylamine groups is 2. The van der Waals surface area contributed by atoms with Gasteiger partial charge in [0.1, 0.15) is 0 Å². The third-order valence-corrected chi connectivity index (χ3v) is 2.47. The van der Waals surface area contributed by atoms with Gasteiger partial charge >= 0.3 is 5.97 Å². The smallest absolute Gasteiger partial charge is 0.325 e. The maximum atomic E-state index is 11.7.